The number of nitrogens with one attached hydrogen (secondary N) is 2. The second-order valence-corrected chi connectivity index (χ2v) is 7.13. The van der Waals surface area contributed by atoms with Crippen molar-refractivity contribution < 1.29 is 14.3 Å². The number of benzene rings is 3. The van der Waals surface area contributed by atoms with E-state index in [1.807, 2.05) is 24.3 Å². The Bertz CT molecular complexity index is 1160. The quantitative estimate of drug-likeness (QED) is 0.419. The normalized spacial score (nSPS) is 15.3. The SMILES string of the molecule is COCC(=Nc1ccc(C(=O)Nc2ccccc2N)cc1)C1C(=O)Nc2ccccc21. The fourth-order valence-corrected chi connectivity index (χ4v) is 3.53. The Morgan fingerprint density at radius 2 is 1.77 bits per heavy atom. The smallest absolute Gasteiger partial charge is 0.255 e. The number of nitrogens with two attached hydrogens (primary N) is 1. The van der Waals surface area contributed by atoms with Gasteiger partial charge in [-0.2, -0.15) is 0 Å². The molecule has 0 saturated heterocycles. The van der Waals surface area contributed by atoms with Gasteiger partial charge in [0.2, 0.25) is 5.91 Å². The Kier molecular flexibility index (Phi) is 5.77. The Hall–Kier alpha value is -3.97. The first-order valence-corrected chi connectivity index (χ1v) is 9.79. The summed E-state index contributed by atoms with van der Waals surface area (Å²) in [5.41, 5.74) is 10.3. The minimum Gasteiger partial charge on any atom is -0.397 e. The fraction of sp³-hybridized carbons (Fsp3) is 0.125. The van der Waals surface area contributed by atoms with Gasteiger partial charge in [0.1, 0.15) is 5.92 Å². The van der Waals surface area contributed by atoms with Crippen LogP contribution in [0.4, 0.5) is 22.7 Å². The van der Waals surface area contributed by atoms with Crippen LogP contribution in [-0.4, -0.2) is 31.2 Å². The van der Waals surface area contributed by atoms with Crippen LogP contribution < -0.4 is 16.4 Å². The van der Waals surface area contributed by atoms with E-state index in [1.165, 1.54) is 0 Å². The Morgan fingerprint density at radius 1 is 1.06 bits per heavy atom. The van der Waals surface area contributed by atoms with E-state index in [-0.39, 0.29) is 18.4 Å². The molecule has 0 bridgehead atoms. The van der Waals surface area contributed by atoms with E-state index < -0.39 is 5.92 Å². The van der Waals surface area contributed by atoms with Gasteiger partial charge in [-0.15, -0.1) is 0 Å². The van der Waals surface area contributed by atoms with Gasteiger partial charge < -0.3 is 21.1 Å². The van der Waals surface area contributed by atoms with E-state index in [0.29, 0.717) is 28.3 Å². The van der Waals surface area contributed by atoms with Crippen molar-refractivity contribution in [3.63, 3.8) is 0 Å². The lowest BCUT2D eigenvalue weighted by Gasteiger charge is -2.13. The summed E-state index contributed by atoms with van der Waals surface area (Å²) in [6.07, 6.45) is 0. The first-order valence-electron chi connectivity index (χ1n) is 9.79. The van der Waals surface area contributed by atoms with E-state index >= 15 is 0 Å². The third kappa shape index (κ3) is 4.31. The third-order valence-electron chi connectivity index (χ3n) is 5.03. The van der Waals surface area contributed by atoms with Crippen molar-refractivity contribution in [2.75, 3.05) is 30.1 Å². The van der Waals surface area contributed by atoms with Gasteiger partial charge in [-0.1, -0.05) is 30.3 Å². The van der Waals surface area contributed by atoms with Gasteiger partial charge in [-0.25, -0.2) is 0 Å². The van der Waals surface area contributed by atoms with Crippen LogP contribution in [0.15, 0.2) is 77.8 Å². The molecule has 0 spiro atoms. The van der Waals surface area contributed by atoms with E-state index in [1.54, 1.807) is 55.6 Å². The first kappa shape index (κ1) is 20.3. The molecule has 0 fully saturated rings. The summed E-state index contributed by atoms with van der Waals surface area (Å²) in [6.45, 7) is 0.210. The number of hydrogen-bond acceptors (Lipinski definition) is 5. The van der Waals surface area contributed by atoms with Gasteiger partial charge in [0.05, 0.1) is 29.4 Å². The molecule has 4 rings (SSSR count). The highest BCUT2D eigenvalue weighted by atomic mass is 16.5. The van der Waals surface area contributed by atoms with Gasteiger partial charge in [-0.3, -0.25) is 14.6 Å². The second kappa shape index (κ2) is 8.81. The highest BCUT2D eigenvalue weighted by Crippen LogP contribution is 2.34. The maximum Gasteiger partial charge on any atom is 0.255 e. The second-order valence-electron chi connectivity index (χ2n) is 7.13. The Balaban J connectivity index is 1.56. The van der Waals surface area contributed by atoms with Crippen molar-refractivity contribution in [3.05, 3.63) is 83.9 Å². The summed E-state index contributed by atoms with van der Waals surface area (Å²) in [6, 6.07) is 21.4. The number of rotatable bonds is 6. The van der Waals surface area contributed by atoms with Crippen LogP contribution in [0.5, 0.6) is 0 Å². The number of carbonyl (C=O) groups is 2. The molecule has 2 amide bonds. The highest BCUT2D eigenvalue weighted by Gasteiger charge is 2.34. The highest BCUT2D eigenvalue weighted by molar-refractivity contribution is 6.19. The summed E-state index contributed by atoms with van der Waals surface area (Å²) >= 11 is 0. The van der Waals surface area contributed by atoms with E-state index in [9.17, 15) is 9.59 Å². The van der Waals surface area contributed by atoms with Crippen molar-refractivity contribution in [2.24, 2.45) is 4.99 Å². The first-order chi connectivity index (χ1) is 15.1. The van der Waals surface area contributed by atoms with Crippen molar-refractivity contribution >= 4 is 40.3 Å². The standard InChI is InChI=1S/C24H22N4O3/c1-31-14-21(22-17-6-2-4-8-19(17)27-24(22)30)26-16-12-10-15(11-13-16)23(29)28-20-9-5-3-7-18(20)25/h2-13,22H,14,25H2,1H3,(H,27,30)(H,28,29). The fourth-order valence-electron chi connectivity index (χ4n) is 3.53. The molecule has 3 aromatic rings. The molecule has 1 aliphatic heterocycles. The Morgan fingerprint density at radius 3 is 2.52 bits per heavy atom. The van der Waals surface area contributed by atoms with Gasteiger partial charge >= 0.3 is 0 Å². The summed E-state index contributed by atoms with van der Waals surface area (Å²) < 4.78 is 5.30. The lowest BCUT2D eigenvalue weighted by atomic mass is 9.95. The molecule has 1 atom stereocenters. The van der Waals surface area contributed by atoms with Crippen LogP contribution in [0.25, 0.3) is 0 Å². The number of fused-ring (bicyclic) bond motifs is 1. The number of aliphatic imine (C=N–C) groups is 1. The minimum absolute atomic E-state index is 0.131. The van der Waals surface area contributed by atoms with Crippen molar-refractivity contribution in [3.8, 4) is 0 Å². The zero-order valence-electron chi connectivity index (χ0n) is 17.0. The molecule has 0 saturated carbocycles. The van der Waals surface area contributed by atoms with Crippen LogP contribution in [0.2, 0.25) is 0 Å². The molecule has 1 aliphatic rings. The number of hydrogen-bond donors (Lipinski definition) is 3. The number of methoxy groups -OCH3 is 1. The van der Waals surface area contributed by atoms with E-state index in [2.05, 4.69) is 15.6 Å². The summed E-state index contributed by atoms with van der Waals surface area (Å²) in [7, 11) is 1.57. The predicted molar refractivity (Wildman–Crippen MR) is 122 cm³/mol. The van der Waals surface area contributed by atoms with Gasteiger partial charge in [0.25, 0.3) is 5.91 Å². The molecule has 31 heavy (non-hydrogen) atoms. The third-order valence-corrected chi connectivity index (χ3v) is 5.03. The summed E-state index contributed by atoms with van der Waals surface area (Å²) in [4.78, 5) is 29.7. The van der Waals surface area contributed by atoms with Crippen molar-refractivity contribution in [1.82, 2.24) is 0 Å². The summed E-state index contributed by atoms with van der Waals surface area (Å²) in [5, 5.41) is 5.68. The Labute approximate surface area is 180 Å². The average Bonchev–Trinajstić information content (AvgIpc) is 3.11. The lowest BCUT2D eigenvalue weighted by molar-refractivity contribution is -0.115. The van der Waals surface area contributed by atoms with Crippen LogP contribution in [0.3, 0.4) is 0 Å². The van der Waals surface area contributed by atoms with Crippen LogP contribution in [-0.2, 0) is 9.53 Å². The van der Waals surface area contributed by atoms with Crippen molar-refractivity contribution in [1.29, 1.82) is 0 Å². The molecule has 4 N–H and O–H groups in total. The molecular weight excluding hydrogens is 392 g/mol. The topological polar surface area (TPSA) is 106 Å². The summed E-state index contributed by atoms with van der Waals surface area (Å²) in [5.74, 6) is -0.914. The number of anilines is 3. The zero-order chi connectivity index (χ0) is 21.8. The maximum absolute atomic E-state index is 12.6. The number of ether oxygens (including phenoxy) is 1. The molecule has 7 heteroatoms. The lowest BCUT2D eigenvalue weighted by Crippen LogP contribution is -2.24. The number of carbonyl (C=O) groups excluding carboxylic acids is 2. The largest absolute Gasteiger partial charge is 0.397 e. The molecule has 0 aliphatic carbocycles. The van der Waals surface area contributed by atoms with Gasteiger partial charge in [0, 0.05) is 18.4 Å². The van der Waals surface area contributed by atoms with Gasteiger partial charge in [-0.05, 0) is 48.0 Å². The number of nitrogens with zero attached hydrogens (tertiary/aromatic N) is 1. The zero-order valence-corrected chi connectivity index (χ0v) is 17.0. The number of amides is 2. The molecule has 7 nitrogen and oxygen atoms in total. The van der Waals surface area contributed by atoms with Crippen molar-refractivity contribution in [2.45, 2.75) is 5.92 Å². The van der Waals surface area contributed by atoms with E-state index in [0.717, 1.165) is 11.3 Å². The number of nitrogen functional groups attached to an aromatic ring is 1. The monoisotopic (exact) mass is 414 g/mol. The molecular formula is C24H22N4O3. The molecule has 1 unspecified atom stereocenters. The molecule has 0 aromatic heterocycles. The average molecular weight is 414 g/mol. The molecule has 3 aromatic carbocycles. The molecule has 0 radical (unpaired) electrons. The van der Waals surface area contributed by atoms with Crippen LogP contribution >= 0.6 is 0 Å². The minimum atomic E-state index is -0.514. The molecule has 156 valence electrons. The van der Waals surface area contributed by atoms with Crippen LogP contribution in [0.1, 0.15) is 21.8 Å². The van der Waals surface area contributed by atoms with E-state index in [4.69, 9.17) is 10.5 Å². The van der Waals surface area contributed by atoms with Gasteiger partial charge in [0.15, 0.2) is 0 Å². The maximum atomic E-state index is 12.6. The number of para-hydroxylation sites is 3. The molecule has 1 heterocycles. The van der Waals surface area contributed by atoms with Crippen LogP contribution in [0, 0.1) is 0 Å². The predicted octanol–water partition coefficient (Wildman–Crippen LogP) is 3.98.